The van der Waals surface area contributed by atoms with Crippen molar-refractivity contribution in [3.8, 4) is 16.9 Å². The Labute approximate surface area is 193 Å². The molecule has 34 heavy (non-hydrogen) atoms. The minimum Gasteiger partial charge on any atom is -0.489 e. The van der Waals surface area contributed by atoms with E-state index in [1.54, 1.807) is 19.1 Å². The summed E-state index contributed by atoms with van der Waals surface area (Å²) in [5.41, 5.74) is 0.0750. The van der Waals surface area contributed by atoms with Crippen molar-refractivity contribution in [3.05, 3.63) is 89.4 Å². The predicted octanol–water partition coefficient (Wildman–Crippen LogP) is 6.35. The van der Waals surface area contributed by atoms with Crippen LogP contribution in [0.3, 0.4) is 0 Å². The van der Waals surface area contributed by atoms with Gasteiger partial charge in [0.25, 0.3) is 0 Å². The van der Waals surface area contributed by atoms with Crippen LogP contribution in [-0.2, 0) is 22.6 Å². The molecule has 1 heterocycles. The first-order valence-electron chi connectivity index (χ1n) is 10.1. The summed E-state index contributed by atoms with van der Waals surface area (Å²) in [5.74, 6) is -0.355. The third-order valence-corrected chi connectivity index (χ3v) is 6.34. The molecule has 4 nitrogen and oxygen atoms in total. The van der Waals surface area contributed by atoms with Crippen molar-refractivity contribution in [1.82, 2.24) is 4.98 Å². The van der Waals surface area contributed by atoms with Crippen LogP contribution in [-0.4, -0.2) is 19.7 Å². The molecule has 0 fully saturated rings. The van der Waals surface area contributed by atoms with Gasteiger partial charge in [0, 0.05) is 22.9 Å². The second-order valence-corrected chi connectivity index (χ2v) is 9.88. The maximum absolute atomic E-state index is 14.8. The number of halogens is 4. The Kier molecular flexibility index (Phi) is 6.07. The SMILES string of the molecule is Cc1cc(-c2cc(OCc3cccc(S(C)(=O)=O)c3)ccc2F)c2cccc(C(F)(F)F)c2n1. The average Bonchev–Trinajstić information content (AvgIpc) is 2.76. The molecule has 0 spiro atoms. The van der Waals surface area contributed by atoms with Crippen LogP contribution in [0.15, 0.2) is 71.6 Å². The molecule has 9 heteroatoms. The number of benzene rings is 3. The van der Waals surface area contributed by atoms with Crippen LogP contribution in [0.2, 0.25) is 0 Å². The highest BCUT2D eigenvalue weighted by molar-refractivity contribution is 7.90. The molecule has 0 atom stereocenters. The van der Waals surface area contributed by atoms with Gasteiger partial charge >= 0.3 is 6.18 Å². The molecule has 0 bridgehead atoms. The molecule has 0 N–H and O–H groups in total. The standard InChI is InChI=1S/C25H19F4NO3S/c1-15-11-20(19-7-4-8-22(24(19)30-15)25(27,28)29)21-13-17(9-10-23(21)26)33-14-16-5-3-6-18(12-16)34(2,31)32/h3-13H,14H2,1-2H3. The lowest BCUT2D eigenvalue weighted by Gasteiger charge is -2.15. The topological polar surface area (TPSA) is 56.3 Å². The van der Waals surface area contributed by atoms with Gasteiger partial charge in [-0.3, -0.25) is 4.98 Å². The molecule has 0 saturated carbocycles. The fraction of sp³-hybridized carbons (Fsp3) is 0.160. The predicted molar refractivity (Wildman–Crippen MR) is 121 cm³/mol. The van der Waals surface area contributed by atoms with Crippen LogP contribution in [0.25, 0.3) is 22.0 Å². The van der Waals surface area contributed by atoms with Gasteiger partial charge in [-0.2, -0.15) is 13.2 Å². The zero-order valence-electron chi connectivity index (χ0n) is 18.2. The summed E-state index contributed by atoms with van der Waals surface area (Å²) in [7, 11) is -3.39. The number of alkyl halides is 3. The minimum atomic E-state index is -4.61. The van der Waals surface area contributed by atoms with Crippen molar-refractivity contribution in [2.75, 3.05) is 6.26 Å². The van der Waals surface area contributed by atoms with Gasteiger partial charge in [-0.25, -0.2) is 12.8 Å². The van der Waals surface area contributed by atoms with Crippen LogP contribution < -0.4 is 4.74 Å². The smallest absolute Gasteiger partial charge is 0.418 e. The molecule has 0 aliphatic carbocycles. The Morgan fingerprint density at radius 1 is 0.941 bits per heavy atom. The van der Waals surface area contributed by atoms with Gasteiger partial charge in [0.1, 0.15) is 18.2 Å². The fourth-order valence-corrected chi connectivity index (χ4v) is 4.35. The summed E-state index contributed by atoms with van der Waals surface area (Å²) in [6.45, 7) is 1.56. The van der Waals surface area contributed by atoms with Gasteiger partial charge in [-0.15, -0.1) is 0 Å². The van der Waals surface area contributed by atoms with E-state index < -0.39 is 27.4 Å². The number of rotatable bonds is 5. The molecule has 176 valence electrons. The summed E-state index contributed by atoms with van der Waals surface area (Å²) in [6.07, 6.45) is -3.51. The number of sulfone groups is 1. The third kappa shape index (κ3) is 4.89. The van der Waals surface area contributed by atoms with E-state index in [0.717, 1.165) is 12.3 Å². The molecule has 0 unspecified atom stereocenters. The molecule has 0 aliphatic heterocycles. The molecule has 4 aromatic rings. The Balaban J connectivity index is 1.74. The molecule has 0 saturated heterocycles. The zero-order valence-corrected chi connectivity index (χ0v) is 19.0. The van der Waals surface area contributed by atoms with E-state index in [0.29, 0.717) is 11.3 Å². The number of hydrogen-bond donors (Lipinski definition) is 0. The average molecular weight is 489 g/mol. The Bertz CT molecular complexity index is 1500. The van der Waals surface area contributed by atoms with Crippen LogP contribution in [0, 0.1) is 12.7 Å². The summed E-state index contributed by atoms with van der Waals surface area (Å²) in [4.78, 5) is 4.21. The molecule has 1 aromatic heterocycles. The molecular weight excluding hydrogens is 470 g/mol. The zero-order chi connectivity index (χ0) is 24.7. The minimum absolute atomic E-state index is 0.0166. The van der Waals surface area contributed by atoms with Crippen molar-refractivity contribution >= 4 is 20.7 Å². The van der Waals surface area contributed by atoms with Gasteiger partial charge in [0.05, 0.1) is 16.0 Å². The van der Waals surface area contributed by atoms with E-state index in [2.05, 4.69) is 4.98 Å². The van der Waals surface area contributed by atoms with Gasteiger partial charge in [0.2, 0.25) is 0 Å². The number of pyridine rings is 1. The van der Waals surface area contributed by atoms with E-state index in [1.165, 1.54) is 48.5 Å². The first kappa shape index (κ1) is 23.7. The van der Waals surface area contributed by atoms with Crippen LogP contribution in [0.1, 0.15) is 16.8 Å². The van der Waals surface area contributed by atoms with Gasteiger partial charge < -0.3 is 4.74 Å². The van der Waals surface area contributed by atoms with E-state index in [9.17, 15) is 26.0 Å². The molecule has 0 aliphatic rings. The molecule has 4 rings (SSSR count). The molecule has 0 amide bonds. The lowest BCUT2D eigenvalue weighted by Crippen LogP contribution is -2.07. The fourth-order valence-electron chi connectivity index (χ4n) is 3.66. The van der Waals surface area contributed by atoms with E-state index in [1.807, 2.05) is 0 Å². The lowest BCUT2D eigenvalue weighted by molar-refractivity contribution is -0.136. The van der Waals surface area contributed by atoms with Gasteiger partial charge in [-0.05, 0) is 60.5 Å². The first-order chi connectivity index (χ1) is 15.9. The number of aromatic nitrogens is 1. The number of hydrogen-bond acceptors (Lipinski definition) is 4. The quantitative estimate of drug-likeness (QED) is 0.307. The number of fused-ring (bicyclic) bond motifs is 1. The highest BCUT2D eigenvalue weighted by Gasteiger charge is 2.33. The molecule has 3 aromatic carbocycles. The first-order valence-corrected chi connectivity index (χ1v) is 12.0. The second-order valence-electron chi connectivity index (χ2n) is 7.86. The Hall–Kier alpha value is -3.46. The Morgan fingerprint density at radius 3 is 2.38 bits per heavy atom. The summed E-state index contributed by atoms with van der Waals surface area (Å²) in [6, 6.07) is 15.4. The van der Waals surface area contributed by atoms with Gasteiger partial charge in [-0.1, -0.05) is 24.3 Å². The monoisotopic (exact) mass is 489 g/mol. The maximum Gasteiger partial charge on any atom is 0.418 e. The van der Waals surface area contributed by atoms with E-state index >= 15 is 0 Å². The van der Waals surface area contributed by atoms with Crippen molar-refractivity contribution in [2.24, 2.45) is 0 Å². The van der Waals surface area contributed by atoms with Crippen molar-refractivity contribution in [2.45, 2.75) is 24.6 Å². The largest absolute Gasteiger partial charge is 0.489 e. The van der Waals surface area contributed by atoms with Crippen molar-refractivity contribution in [3.63, 3.8) is 0 Å². The highest BCUT2D eigenvalue weighted by atomic mass is 32.2. The van der Waals surface area contributed by atoms with Crippen LogP contribution >= 0.6 is 0 Å². The highest BCUT2D eigenvalue weighted by Crippen LogP contribution is 2.39. The number of ether oxygens (including phenoxy) is 1. The van der Waals surface area contributed by atoms with Gasteiger partial charge in [0.15, 0.2) is 9.84 Å². The number of para-hydroxylation sites is 1. The summed E-state index contributed by atoms with van der Waals surface area (Å²) >= 11 is 0. The molecular formula is C25H19F4NO3S. The normalized spacial score (nSPS) is 12.2. The third-order valence-electron chi connectivity index (χ3n) is 5.23. The number of nitrogens with zero attached hydrogens (tertiary/aromatic N) is 1. The van der Waals surface area contributed by atoms with Crippen LogP contribution in [0.5, 0.6) is 5.75 Å². The van der Waals surface area contributed by atoms with E-state index in [-0.39, 0.29) is 39.3 Å². The summed E-state index contributed by atoms with van der Waals surface area (Å²) in [5, 5.41) is 0.164. The second kappa shape index (κ2) is 8.72. The number of aryl methyl sites for hydroxylation is 1. The van der Waals surface area contributed by atoms with Crippen LogP contribution in [0.4, 0.5) is 17.6 Å². The Morgan fingerprint density at radius 2 is 1.68 bits per heavy atom. The lowest BCUT2D eigenvalue weighted by atomic mass is 9.97. The molecule has 0 radical (unpaired) electrons. The van der Waals surface area contributed by atoms with Crippen molar-refractivity contribution in [1.29, 1.82) is 0 Å². The maximum atomic E-state index is 14.8. The van der Waals surface area contributed by atoms with Crippen molar-refractivity contribution < 1.29 is 30.7 Å². The summed E-state index contributed by atoms with van der Waals surface area (Å²) < 4.78 is 84.7. The van der Waals surface area contributed by atoms with E-state index in [4.69, 9.17) is 4.74 Å².